The van der Waals surface area contributed by atoms with Crippen LogP contribution in [0.2, 0.25) is 5.02 Å². The maximum atomic E-state index is 16.7. The van der Waals surface area contributed by atoms with Crippen LogP contribution in [0.1, 0.15) is 53.6 Å². The van der Waals surface area contributed by atoms with Crippen LogP contribution < -0.4 is 20.1 Å². The second kappa shape index (κ2) is 11.4. The summed E-state index contributed by atoms with van der Waals surface area (Å²) in [5.41, 5.74) is 0.436. The van der Waals surface area contributed by atoms with Crippen molar-refractivity contribution in [3.05, 3.63) is 81.9 Å². The average molecular weight is 611 g/mol. The molecule has 0 unspecified atom stereocenters. The van der Waals surface area contributed by atoms with Crippen LogP contribution in [0.4, 0.5) is 8.78 Å². The van der Waals surface area contributed by atoms with E-state index in [0.29, 0.717) is 38.0 Å². The summed E-state index contributed by atoms with van der Waals surface area (Å²) in [4.78, 5) is 13.7. The summed E-state index contributed by atoms with van der Waals surface area (Å²) in [7, 11) is 0. The van der Waals surface area contributed by atoms with Gasteiger partial charge in [-0.3, -0.25) is 4.79 Å². The van der Waals surface area contributed by atoms with Crippen LogP contribution in [-0.4, -0.2) is 55.1 Å². The summed E-state index contributed by atoms with van der Waals surface area (Å²) in [5.74, 6) is -2.04. The molecule has 3 N–H and O–H groups in total. The molecule has 0 bridgehead atoms. The Labute approximate surface area is 253 Å². The molecule has 5 atom stereocenters. The number of aliphatic hydroxyl groups excluding tert-OH is 1. The topological polar surface area (TPSA) is 89.1 Å². The lowest BCUT2D eigenvalue weighted by Crippen LogP contribution is -2.48. The summed E-state index contributed by atoms with van der Waals surface area (Å²) >= 11 is 6.70. The molecule has 0 radical (unpaired) electrons. The zero-order valence-corrected chi connectivity index (χ0v) is 24.3. The molecule has 7 nitrogen and oxygen atoms in total. The number of halogens is 3. The molecule has 2 saturated heterocycles. The summed E-state index contributed by atoms with van der Waals surface area (Å²) in [6.07, 6.45) is 2.54. The fraction of sp³-hybridized carbons (Fsp3) is 0.424. The van der Waals surface area contributed by atoms with Crippen molar-refractivity contribution in [2.24, 2.45) is 0 Å². The molecule has 7 rings (SSSR count). The highest BCUT2D eigenvalue weighted by Crippen LogP contribution is 2.52. The highest BCUT2D eigenvalue weighted by molar-refractivity contribution is 6.34. The molecule has 3 heterocycles. The van der Waals surface area contributed by atoms with Gasteiger partial charge in [0.1, 0.15) is 17.7 Å². The Balaban J connectivity index is 1.39. The molecule has 0 aromatic heterocycles. The highest BCUT2D eigenvalue weighted by Gasteiger charge is 2.50. The molecule has 3 aromatic carbocycles. The molecular weight excluding hydrogens is 578 g/mol. The molecule has 226 valence electrons. The van der Waals surface area contributed by atoms with Crippen LogP contribution >= 0.6 is 11.6 Å². The maximum absolute atomic E-state index is 16.7. The number of carbonyl (C=O) groups excluding carboxylic acids is 1. The van der Waals surface area contributed by atoms with E-state index >= 15 is 8.78 Å². The Hall–Kier alpha value is -3.24. The first-order valence-corrected chi connectivity index (χ1v) is 15.3. The Morgan fingerprint density at radius 1 is 1.09 bits per heavy atom. The molecule has 43 heavy (non-hydrogen) atoms. The smallest absolute Gasteiger partial charge is 0.252 e. The largest absolute Gasteiger partial charge is 0.485 e. The molecule has 1 aliphatic carbocycles. The van der Waals surface area contributed by atoms with Gasteiger partial charge < -0.3 is 30.0 Å². The van der Waals surface area contributed by atoms with E-state index in [1.54, 1.807) is 0 Å². The number of hydrogen-bond acceptors (Lipinski definition) is 6. The molecule has 3 aromatic rings. The van der Waals surface area contributed by atoms with E-state index in [-0.39, 0.29) is 51.7 Å². The number of carbonyl (C=O) groups is 1. The normalized spacial score (nSPS) is 27.8. The van der Waals surface area contributed by atoms with E-state index in [1.165, 1.54) is 18.2 Å². The van der Waals surface area contributed by atoms with E-state index in [1.807, 2.05) is 30.3 Å². The van der Waals surface area contributed by atoms with Crippen LogP contribution in [-0.2, 0) is 16.8 Å². The zero-order valence-electron chi connectivity index (χ0n) is 23.5. The summed E-state index contributed by atoms with van der Waals surface area (Å²) in [5, 5.41) is 16.3. The van der Waals surface area contributed by atoms with Crippen LogP contribution in [0.15, 0.2) is 48.5 Å². The van der Waals surface area contributed by atoms with Gasteiger partial charge >= 0.3 is 0 Å². The van der Waals surface area contributed by atoms with Gasteiger partial charge in [0, 0.05) is 35.8 Å². The van der Waals surface area contributed by atoms with Gasteiger partial charge in [-0.05, 0) is 56.3 Å². The molecule has 1 amide bonds. The summed E-state index contributed by atoms with van der Waals surface area (Å²) < 4.78 is 50.3. The van der Waals surface area contributed by atoms with Crippen molar-refractivity contribution in [3.8, 4) is 22.6 Å². The molecule has 0 spiro atoms. The molecule has 10 heteroatoms. The van der Waals surface area contributed by atoms with E-state index in [2.05, 4.69) is 10.6 Å². The van der Waals surface area contributed by atoms with Crippen molar-refractivity contribution in [3.63, 3.8) is 0 Å². The summed E-state index contributed by atoms with van der Waals surface area (Å²) in [6, 6.07) is 13.5. The minimum absolute atomic E-state index is 0.00295. The van der Waals surface area contributed by atoms with Gasteiger partial charge in [-0.15, -0.1) is 0 Å². The zero-order chi connectivity index (χ0) is 29.7. The third kappa shape index (κ3) is 4.96. The van der Waals surface area contributed by atoms with Gasteiger partial charge in [0.15, 0.2) is 17.2 Å². The van der Waals surface area contributed by atoms with E-state index in [9.17, 15) is 9.90 Å². The Bertz CT molecular complexity index is 1540. The third-order valence-corrected chi connectivity index (χ3v) is 9.59. The van der Waals surface area contributed by atoms with Gasteiger partial charge in [-0.1, -0.05) is 41.9 Å². The average Bonchev–Trinajstić information content (AvgIpc) is 3.79. The first-order valence-electron chi connectivity index (χ1n) is 14.9. The fourth-order valence-corrected chi connectivity index (χ4v) is 7.03. The number of benzene rings is 3. The lowest BCUT2D eigenvalue weighted by atomic mass is 9.80. The number of hydrogen-bond donors (Lipinski definition) is 3. The Kier molecular flexibility index (Phi) is 7.53. The number of fused-ring (bicyclic) bond motifs is 1. The van der Waals surface area contributed by atoms with Crippen LogP contribution in [0, 0.1) is 11.6 Å². The van der Waals surface area contributed by atoms with Gasteiger partial charge in [-0.2, -0.15) is 0 Å². The molecular formula is C33H33ClF2N2O5. The standard InChI is InChI=1S/C33H33ClF2N2O5/c34-30-22(35)15-26-21(16-33(43-26,27-7-4-13-37-27)18-5-2-1-3-6-18)28(30)29-20(32(40)38-19-12-14-41-17-19)8-10-25(31(29)36)42-24-11-9-23(24)39/h1-3,5-6,8,10,15,19,23-24,27,37,39H,4,7,9,11-14,16-17H2,(H,38,40)/t19-,23-,24+,27+,33+/m1/s1. The van der Waals surface area contributed by atoms with Crippen molar-refractivity contribution in [1.29, 1.82) is 0 Å². The predicted molar refractivity (Wildman–Crippen MR) is 157 cm³/mol. The first kappa shape index (κ1) is 28.5. The number of nitrogens with one attached hydrogen (secondary N) is 2. The van der Waals surface area contributed by atoms with E-state index in [4.69, 9.17) is 25.8 Å². The molecule has 4 aliphatic rings. The summed E-state index contributed by atoms with van der Waals surface area (Å²) in [6.45, 7) is 1.68. The monoisotopic (exact) mass is 610 g/mol. The number of amides is 1. The second-order valence-electron chi connectivity index (χ2n) is 11.8. The highest BCUT2D eigenvalue weighted by atomic mass is 35.5. The van der Waals surface area contributed by atoms with Crippen molar-refractivity contribution in [2.45, 2.75) is 68.4 Å². The van der Waals surface area contributed by atoms with E-state index < -0.39 is 35.4 Å². The predicted octanol–water partition coefficient (Wildman–Crippen LogP) is 5.29. The Morgan fingerprint density at radius 2 is 1.93 bits per heavy atom. The van der Waals surface area contributed by atoms with Crippen LogP contribution in [0.3, 0.4) is 0 Å². The van der Waals surface area contributed by atoms with Crippen LogP contribution in [0.25, 0.3) is 11.1 Å². The van der Waals surface area contributed by atoms with Crippen LogP contribution in [0.5, 0.6) is 11.5 Å². The van der Waals surface area contributed by atoms with Crippen molar-refractivity contribution >= 4 is 17.5 Å². The van der Waals surface area contributed by atoms with Gasteiger partial charge in [0.25, 0.3) is 5.91 Å². The lowest BCUT2D eigenvalue weighted by Gasteiger charge is -2.35. The van der Waals surface area contributed by atoms with Gasteiger partial charge in [-0.25, -0.2) is 8.78 Å². The van der Waals surface area contributed by atoms with Crippen molar-refractivity contribution in [2.75, 3.05) is 19.8 Å². The SMILES string of the molecule is O=C(N[C@@H]1CCOC1)c1ccc(O[C@H]2CC[C@H]2O)c(F)c1-c1c(Cl)c(F)cc2c1C[C@](c1ccccc1)([C@@H]1CCCN1)O2. The second-order valence-corrected chi connectivity index (χ2v) is 12.2. The minimum Gasteiger partial charge on any atom is -0.485 e. The number of aliphatic hydroxyl groups is 1. The number of rotatable bonds is 7. The first-order chi connectivity index (χ1) is 20.9. The molecule has 3 aliphatic heterocycles. The molecule has 1 saturated carbocycles. The third-order valence-electron chi connectivity index (χ3n) is 9.22. The van der Waals surface area contributed by atoms with Crippen molar-refractivity contribution < 1.29 is 32.9 Å². The van der Waals surface area contributed by atoms with Gasteiger partial charge in [0.05, 0.1) is 35.4 Å². The quantitative estimate of drug-likeness (QED) is 0.337. The minimum atomic E-state index is -0.893. The van der Waals surface area contributed by atoms with E-state index in [0.717, 1.165) is 24.9 Å². The lowest BCUT2D eigenvalue weighted by molar-refractivity contribution is -0.0377. The molecule has 3 fully saturated rings. The Morgan fingerprint density at radius 3 is 2.60 bits per heavy atom. The van der Waals surface area contributed by atoms with Crippen molar-refractivity contribution in [1.82, 2.24) is 10.6 Å². The number of ether oxygens (including phenoxy) is 3. The van der Waals surface area contributed by atoms with Gasteiger partial charge in [0.2, 0.25) is 0 Å². The fourth-order valence-electron chi connectivity index (χ4n) is 6.77. The maximum Gasteiger partial charge on any atom is 0.252 e.